The molecule has 0 atom stereocenters. The number of carbonyl (C=O) groups excluding carboxylic acids is 1. The van der Waals surface area contributed by atoms with E-state index >= 15 is 0 Å². The van der Waals surface area contributed by atoms with Gasteiger partial charge in [-0.3, -0.25) is 9.69 Å². The summed E-state index contributed by atoms with van der Waals surface area (Å²) in [6.07, 6.45) is 0.932. The highest BCUT2D eigenvalue weighted by Crippen LogP contribution is 2.27. The van der Waals surface area contributed by atoms with Crippen molar-refractivity contribution in [3.05, 3.63) is 95.1 Å². The summed E-state index contributed by atoms with van der Waals surface area (Å²) in [5.41, 5.74) is 15.8. The zero-order valence-electron chi connectivity index (χ0n) is 37.8. The van der Waals surface area contributed by atoms with Crippen molar-refractivity contribution in [1.29, 1.82) is 0 Å². The number of hydrogen-bond acceptors (Lipinski definition) is 8. The van der Waals surface area contributed by atoms with E-state index in [1.165, 1.54) is 49.0 Å². The number of alkyl halides is 1. The molecule has 4 aromatic rings. The predicted octanol–water partition coefficient (Wildman–Crippen LogP) is 2.96. The van der Waals surface area contributed by atoms with E-state index in [9.17, 15) is 4.79 Å². The minimum absolute atomic E-state index is 0.164. The minimum Gasteiger partial charge on any atom is -0.379 e. The average Bonchev–Trinajstić information content (AvgIpc) is 3.21. The standard InChI is InChI=1S/C25H36N4OSi.C19H24N2OSi.C3H8ClN/c1-27(2)19-7-9-21-23(17-19)31(5,6)24-18-20(28(3)4)8-10-22(24)25(21)26-11-12-29-13-15-30-16-14-29;1-20(2)13-7-9-15-17(11-13)23(5,6)18-12-14(21(3)4)8-10-16(18)19(15)22;4-2-1-3-5/h7-10,17-18H,11-16H2,1-6H3;7-12H,1-6H3;1-3,5H2/p+1. The van der Waals surface area contributed by atoms with Gasteiger partial charge in [0.05, 0.1) is 19.8 Å². The first-order valence-corrected chi connectivity index (χ1v) is 27.5. The highest BCUT2D eigenvalue weighted by Gasteiger charge is 2.41. The molecule has 3 N–H and O–H groups in total. The van der Waals surface area contributed by atoms with Crippen LogP contribution >= 0.6 is 11.6 Å². The fraction of sp³-hybridized carbons (Fsp3) is 0.447. The third kappa shape index (κ3) is 10.1. The Bertz CT molecular complexity index is 2000. The zero-order valence-corrected chi connectivity index (χ0v) is 40.6. The largest absolute Gasteiger partial charge is 0.379 e. The van der Waals surface area contributed by atoms with E-state index < -0.39 is 16.1 Å². The maximum Gasteiger partial charge on any atom is 0.212 e. The Morgan fingerprint density at radius 3 is 1.31 bits per heavy atom. The molecule has 7 rings (SSSR count). The van der Waals surface area contributed by atoms with Gasteiger partial charge in [0, 0.05) is 120 Å². The Morgan fingerprint density at radius 1 is 0.627 bits per heavy atom. The van der Waals surface area contributed by atoms with Gasteiger partial charge in [0.1, 0.15) is 16.1 Å². The fourth-order valence-corrected chi connectivity index (χ4v) is 14.4. The first-order valence-electron chi connectivity index (χ1n) is 20.9. The number of anilines is 4. The third-order valence-corrected chi connectivity index (χ3v) is 19.3. The van der Waals surface area contributed by atoms with Gasteiger partial charge >= 0.3 is 0 Å². The van der Waals surface area contributed by atoms with Gasteiger partial charge in [-0.2, -0.15) is 0 Å². The quantitative estimate of drug-likeness (QED) is 0.197. The third-order valence-electron chi connectivity index (χ3n) is 12.0. The molecule has 0 saturated carbocycles. The fourth-order valence-electron chi connectivity index (χ4n) is 8.15. The monoisotopic (exact) mass is 854 g/mol. The Hall–Kier alpha value is -3.98. The number of nitrogens with zero attached hydrogens (tertiary/aromatic N) is 5. The van der Waals surface area contributed by atoms with Crippen molar-refractivity contribution in [3.63, 3.8) is 0 Å². The van der Waals surface area contributed by atoms with E-state index in [1.807, 2.05) is 52.5 Å². The van der Waals surface area contributed by atoms with Gasteiger partial charge in [-0.05, 0) is 107 Å². The number of benzene rings is 4. The molecular formula is C47H69ClN7O2Si2+. The summed E-state index contributed by atoms with van der Waals surface area (Å²) in [4.78, 5) is 27.9. The van der Waals surface area contributed by atoms with Crippen LogP contribution in [0.5, 0.6) is 0 Å². The van der Waals surface area contributed by atoms with Gasteiger partial charge in [-0.15, -0.1) is 11.6 Å². The summed E-state index contributed by atoms with van der Waals surface area (Å²) < 4.78 is 5.50. The van der Waals surface area contributed by atoms with Crippen LogP contribution in [0.1, 0.15) is 33.5 Å². The van der Waals surface area contributed by atoms with E-state index in [-0.39, 0.29) is 5.78 Å². The Balaban J connectivity index is 0.000000208. The van der Waals surface area contributed by atoms with E-state index in [0.29, 0.717) is 12.4 Å². The molecule has 0 spiro atoms. The van der Waals surface area contributed by atoms with Crippen LogP contribution in [0.25, 0.3) is 0 Å². The zero-order chi connectivity index (χ0) is 43.2. The van der Waals surface area contributed by atoms with Crippen molar-refractivity contribution >= 4 is 82.7 Å². The molecule has 318 valence electrons. The van der Waals surface area contributed by atoms with Crippen molar-refractivity contribution in [3.8, 4) is 0 Å². The lowest BCUT2D eigenvalue weighted by Crippen LogP contribution is -2.78. The lowest BCUT2D eigenvalue weighted by atomic mass is 10.00. The van der Waals surface area contributed by atoms with E-state index in [4.69, 9.17) is 22.1 Å². The summed E-state index contributed by atoms with van der Waals surface area (Å²) in [6, 6.07) is 26.6. The van der Waals surface area contributed by atoms with E-state index in [2.05, 4.69) is 132 Å². The second-order valence-corrected chi connectivity index (χ2v) is 26.7. The molecule has 0 aromatic heterocycles. The molecule has 59 heavy (non-hydrogen) atoms. The van der Waals surface area contributed by atoms with Crippen LogP contribution in [0.4, 0.5) is 22.7 Å². The van der Waals surface area contributed by atoms with E-state index in [1.54, 1.807) is 0 Å². The lowest BCUT2D eigenvalue weighted by molar-refractivity contribution is -0.456. The van der Waals surface area contributed by atoms with Gasteiger partial charge in [-0.25, -0.2) is 4.99 Å². The SMILES string of the molecule is CN(C)c1ccc2c(c1)[Si](C)(C)c1cc(N(C)C)ccc1C2=O.CN(C)c1ccc2c(c1)[Si](C)(C)c1cc(N(C)C)ccc1C2=[NH+]CCN1CCOCC1.NCCCCl. The Morgan fingerprint density at radius 2 is 0.983 bits per heavy atom. The van der Waals surface area contributed by atoms with Gasteiger partial charge in [0.2, 0.25) is 5.71 Å². The molecule has 3 aliphatic heterocycles. The van der Waals surface area contributed by atoms with Crippen molar-refractivity contribution in [2.45, 2.75) is 32.6 Å². The Labute approximate surface area is 361 Å². The minimum atomic E-state index is -1.90. The smallest absolute Gasteiger partial charge is 0.212 e. The van der Waals surface area contributed by atoms with Crippen LogP contribution in [0, 0.1) is 0 Å². The normalized spacial score (nSPS) is 15.8. The number of ether oxygens (including phenoxy) is 1. The van der Waals surface area contributed by atoms with Crippen LogP contribution in [0.15, 0.2) is 72.8 Å². The van der Waals surface area contributed by atoms with Gasteiger partial charge in [-0.1, -0.05) is 26.2 Å². The van der Waals surface area contributed by atoms with Crippen molar-refractivity contribution in [2.24, 2.45) is 5.73 Å². The maximum absolute atomic E-state index is 13.0. The summed E-state index contributed by atoms with van der Waals surface area (Å²) in [5, 5.41) is 5.54. The number of rotatable bonds is 9. The molecule has 0 aliphatic carbocycles. The van der Waals surface area contributed by atoms with Crippen molar-refractivity contribution in [2.75, 3.05) is 128 Å². The van der Waals surface area contributed by atoms with Crippen LogP contribution in [-0.2, 0) is 4.74 Å². The number of morpholine rings is 1. The number of hydrogen-bond donors (Lipinski definition) is 2. The second kappa shape index (κ2) is 19.6. The predicted molar refractivity (Wildman–Crippen MR) is 261 cm³/mol. The van der Waals surface area contributed by atoms with Gasteiger partial charge in [0.25, 0.3) is 0 Å². The van der Waals surface area contributed by atoms with E-state index in [0.717, 1.165) is 68.3 Å². The van der Waals surface area contributed by atoms with Crippen LogP contribution in [0.2, 0.25) is 26.2 Å². The van der Waals surface area contributed by atoms with Crippen molar-refractivity contribution < 1.29 is 14.5 Å². The first-order chi connectivity index (χ1) is 27.9. The summed E-state index contributed by atoms with van der Waals surface area (Å²) in [6.45, 7) is 16.1. The highest BCUT2D eigenvalue weighted by atomic mass is 35.5. The summed E-state index contributed by atoms with van der Waals surface area (Å²) in [5.74, 6) is 0.855. The molecule has 12 heteroatoms. The van der Waals surface area contributed by atoms with Crippen LogP contribution in [0.3, 0.4) is 0 Å². The van der Waals surface area contributed by atoms with Gasteiger partial charge < -0.3 is 30.1 Å². The number of nitrogens with one attached hydrogen (secondary N) is 1. The Kier molecular flexibility index (Phi) is 15.3. The number of ketones is 1. The second-order valence-electron chi connectivity index (χ2n) is 17.7. The topological polar surface area (TPSA) is 82.5 Å². The number of nitrogens with two attached hydrogens (primary N) is 1. The number of carbonyl (C=O) groups is 1. The summed E-state index contributed by atoms with van der Waals surface area (Å²) >= 11 is 5.22. The molecule has 0 bridgehead atoms. The molecule has 3 heterocycles. The van der Waals surface area contributed by atoms with Crippen LogP contribution < -0.4 is 51.1 Å². The molecule has 1 fully saturated rings. The molecule has 0 amide bonds. The van der Waals surface area contributed by atoms with Gasteiger partial charge in [0.15, 0.2) is 12.3 Å². The van der Waals surface area contributed by atoms with Crippen molar-refractivity contribution in [1.82, 2.24) is 4.90 Å². The molecule has 0 unspecified atom stereocenters. The number of fused-ring (bicyclic) bond motifs is 4. The average molecular weight is 856 g/mol. The van der Waals surface area contributed by atoms with Crippen LogP contribution in [-0.4, -0.2) is 141 Å². The molecule has 0 radical (unpaired) electrons. The molecule has 4 aromatic carbocycles. The highest BCUT2D eigenvalue weighted by molar-refractivity contribution is 7.03. The summed E-state index contributed by atoms with van der Waals surface area (Å²) in [7, 11) is 12.9. The number of halogens is 1. The lowest BCUT2D eigenvalue weighted by Gasteiger charge is -2.34. The molecular weight excluding hydrogens is 786 g/mol. The first kappa shape index (κ1) is 46.1. The molecule has 1 saturated heterocycles. The maximum atomic E-state index is 13.0. The molecule has 3 aliphatic rings. The molecule has 9 nitrogen and oxygen atoms in total.